The van der Waals surface area contributed by atoms with E-state index in [1.165, 1.54) is 7.11 Å². The molecule has 0 aliphatic heterocycles. The van der Waals surface area contributed by atoms with E-state index >= 15 is 0 Å². The van der Waals surface area contributed by atoms with Crippen LogP contribution in [-0.2, 0) is 4.74 Å². The summed E-state index contributed by atoms with van der Waals surface area (Å²) in [6.07, 6.45) is 0. The summed E-state index contributed by atoms with van der Waals surface area (Å²) in [5.41, 5.74) is 0.676. The van der Waals surface area contributed by atoms with Crippen LogP contribution in [0.1, 0.15) is 5.56 Å². The molecule has 0 radical (unpaired) electrons. The number of methoxy groups -OCH3 is 1. The molecule has 0 heterocycles. The number of nitrogens with zero attached hydrogens (tertiary/aromatic N) is 1. The third kappa shape index (κ3) is 4.08. The van der Waals surface area contributed by atoms with E-state index in [0.29, 0.717) is 5.56 Å². The van der Waals surface area contributed by atoms with Crippen molar-refractivity contribution in [2.45, 2.75) is 8.25 Å². The average Bonchev–Trinajstić information content (AvgIpc) is 2.25. The second-order valence-corrected chi connectivity index (χ2v) is 6.59. The molecule has 0 aromatic heterocycles. The molecule has 17 heavy (non-hydrogen) atoms. The summed E-state index contributed by atoms with van der Waals surface area (Å²) in [5, 5.41) is 0. The van der Waals surface area contributed by atoms with Crippen molar-refractivity contribution >= 4 is 63.9 Å². The van der Waals surface area contributed by atoms with Crippen LogP contribution in [0.5, 0.6) is 0 Å². The van der Waals surface area contributed by atoms with Crippen molar-refractivity contribution < 1.29 is 4.74 Å². The number of hydrogen-bond donors (Lipinski definition) is 0. The minimum absolute atomic E-state index is 0.182. The molecule has 0 unspecified atom stereocenters. The van der Waals surface area contributed by atoms with Crippen LogP contribution in [0.15, 0.2) is 35.3 Å². The molecule has 0 aliphatic rings. The van der Waals surface area contributed by atoms with Gasteiger partial charge in [-0.1, -0.05) is 76.2 Å². The molecule has 7 heteroatoms. The summed E-state index contributed by atoms with van der Waals surface area (Å²) in [6, 6.07) is 9.00. The monoisotopic (exact) mass is 333 g/mol. The van der Waals surface area contributed by atoms with Gasteiger partial charge >= 0.3 is 0 Å². The molecule has 0 amide bonds. The fourth-order valence-corrected chi connectivity index (χ4v) is 1.28. The van der Waals surface area contributed by atoms with Gasteiger partial charge in [0.25, 0.3) is 4.46 Å². The zero-order valence-electron chi connectivity index (χ0n) is 8.63. The first kappa shape index (κ1) is 15.2. The summed E-state index contributed by atoms with van der Waals surface area (Å²) >= 11 is 28.5. The van der Waals surface area contributed by atoms with Gasteiger partial charge in [0.05, 0.1) is 7.11 Å². The molecular weight excluding hydrogens is 327 g/mol. The molecule has 2 nitrogen and oxygen atoms in total. The first-order valence-corrected chi connectivity index (χ1v) is 6.31. The molecule has 1 rings (SSSR count). The lowest BCUT2D eigenvalue weighted by Gasteiger charge is -2.23. The minimum Gasteiger partial charge on any atom is -0.481 e. The molecule has 1 aromatic rings. The highest BCUT2D eigenvalue weighted by Gasteiger charge is 2.46. The van der Waals surface area contributed by atoms with Gasteiger partial charge in [0, 0.05) is 5.56 Å². The Morgan fingerprint density at radius 2 is 1.59 bits per heavy atom. The molecular formula is C10H8Cl5NO. The Morgan fingerprint density at radius 1 is 1.06 bits per heavy atom. The molecule has 1 aromatic carbocycles. The summed E-state index contributed by atoms with van der Waals surface area (Å²) in [7, 11) is 1.42. The summed E-state index contributed by atoms with van der Waals surface area (Å²) in [5.74, 6) is 0.182. The van der Waals surface area contributed by atoms with E-state index in [-0.39, 0.29) is 5.90 Å². The maximum atomic E-state index is 5.84. The van der Waals surface area contributed by atoms with Crippen LogP contribution < -0.4 is 0 Å². The van der Waals surface area contributed by atoms with E-state index in [0.717, 1.165) is 0 Å². The van der Waals surface area contributed by atoms with Crippen LogP contribution in [0.3, 0.4) is 0 Å². The van der Waals surface area contributed by atoms with Gasteiger partial charge in [-0.15, -0.1) is 0 Å². The fraction of sp³-hybridized carbons (Fsp3) is 0.300. The first-order chi connectivity index (χ1) is 7.78. The van der Waals surface area contributed by atoms with Crippen molar-refractivity contribution in [3.8, 4) is 0 Å². The molecule has 0 fully saturated rings. The lowest BCUT2D eigenvalue weighted by Crippen LogP contribution is -2.30. The quantitative estimate of drug-likeness (QED) is 0.335. The van der Waals surface area contributed by atoms with Crippen molar-refractivity contribution in [2.24, 2.45) is 4.99 Å². The molecule has 94 valence electrons. The zero-order chi connectivity index (χ0) is 13.1. The second-order valence-electron chi connectivity index (χ2n) is 3.03. The van der Waals surface area contributed by atoms with E-state index in [1.54, 1.807) is 12.1 Å². The van der Waals surface area contributed by atoms with Crippen molar-refractivity contribution in [1.82, 2.24) is 0 Å². The van der Waals surface area contributed by atoms with Crippen molar-refractivity contribution in [1.29, 1.82) is 0 Å². The van der Waals surface area contributed by atoms with E-state index < -0.39 is 8.25 Å². The summed E-state index contributed by atoms with van der Waals surface area (Å²) in [4.78, 5) is 3.90. The average molecular weight is 335 g/mol. The predicted octanol–water partition coefficient (Wildman–Crippen LogP) is 4.58. The number of rotatable bonds is 2. The van der Waals surface area contributed by atoms with Crippen LogP contribution in [0, 0.1) is 0 Å². The molecule has 0 spiro atoms. The van der Waals surface area contributed by atoms with E-state index in [1.807, 2.05) is 18.2 Å². The normalized spacial score (nSPS) is 13.6. The standard InChI is InChI=1S/C10H8Cl5NO/c1-17-8(7-5-3-2-4-6-7)16-10(14,15)9(11,12)13/h2-6H,1H3/b16-8-. The summed E-state index contributed by atoms with van der Waals surface area (Å²) in [6.45, 7) is 0. The molecule has 0 bridgehead atoms. The van der Waals surface area contributed by atoms with E-state index in [2.05, 4.69) is 4.99 Å². The highest BCUT2D eigenvalue weighted by molar-refractivity contribution is 6.75. The Labute approximate surface area is 124 Å². The Hall–Kier alpha value is 0.140. The van der Waals surface area contributed by atoms with Gasteiger partial charge in [-0.25, -0.2) is 4.99 Å². The number of benzene rings is 1. The predicted molar refractivity (Wildman–Crippen MR) is 74.7 cm³/mol. The van der Waals surface area contributed by atoms with E-state index in [9.17, 15) is 0 Å². The van der Waals surface area contributed by atoms with Gasteiger partial charge in [0.2, 0.25) is 9.69 Å². The Morgan fingerprint density at radius 3 is 2.00 bits per heavy atom. The van der Waals surface area contributed by atoms with Gasteiger partial charge in [0.1, 0.15) is 0 Å². The largest absolute Gasteiger partial charge is 0.481 e. The van der Waals surface area contributed by atoms with Crippen LogP contribution in [0.25, 0.3) is 0 Å². The van der Waals surface area contributed by atoms with Crippen LogP contribution in [0.2, 0.25) is 0 Å². The number of alkyl halides is 5. The van der Waals surface area contributed by atoms with Crippen molar-refractivity contribution in [3.63, 3.8) is 0 Å². The molecule has 0 N–H and O–H groups in total. The number of hydrogen-bond acceptors (Lipinski definition) is 2. The lowest BCUT2D eigenvalue weighted by molar-refractivity contribution is 0.400. The number of ether oxygens (including phenoxy) is 1. The van der Waals surface area contributed by atoms with Gasteiger partial charge in [-0.2, -0.15) is 0 Å². The minimum atomic E-state index is -1.96. The number of aliphatic imine (C=N–C) groups is 1. The molecule has 0 saturated carbocycles. The Balaban J connectivity index is 3.12. The van der Waals surface area contributed by atoms with E-state index in [4.69, 9.17) is 62.7 Å². The smallest absolute Gasteiger partial charge is 0.258 e. The molecule has 0 saturated heterocycles. The van der Waals surface area contributed by atoms with Crippen molar-refractivity contribution in [2.75, 3.05) is 7.11 Å². The van der Waals surface area contributed by atoms with Crippen LogP contribution >= 0.6 is 58.0 Å². The molecule has 0 atom stereocenters. The van der Waals surface area contributed by atoms with Crippen LogP contribution in [0.4, 0.5) is 0 Å². The Kier molecular flexibility index (Phi) is 5.23. The molecule has 0 aliphatic carbocycles. The number of halogens is 5. The summed E-state index contributed by atoms with van der Waals surface area (Å²) < 4.78 is 1.18. The highest BCUT2D eigenvalue weighted by atomic mass is 35.6. The third-order valence-electron chi connectivity index (χ3n) is 1.80. The third-order valence-corrected chi connectivity index (χ3v) is 3.93. The SMILES string of the molecule is CO/C(=N\C(Cl)(Cl)C(Cl)(Cl)Cl)c1ccccc1. The Bertz CT molecular complexity index is 399. The lowest BCUT2D eigenvalue weighted by atomic mass is 10.2. The maximum absolute atomic E-state index is 5.84. The first-order valence-electron chi connectivity index (χ1n) is 4.42. The van der Waals surface area contributed by atoms with Gasteiger partial charge < -0.3 is 4.74 Å². The maximum Gasteiger partial charge on any atom is 0.258 e. The highest BCUT2D eigenvalue weighted by Crippen LogP contribution is 2.47. The van der Waals surface area contributed by atoms with Gasteiger partial charge in [-0.05, 0) is 12.1 Å². The second kappa shape index (κ2) is 5.85. The van der Waals surface area contributed by atoms with Crippen LogP contribution in [-0.4, -0.2) is 21.3 Å². The topological polar surface area (TPSA) is 21.6 Å². The fourth-order valence-electron chi connectivity index (χ4n) is 1.000. The van der Waals surface area contributed by atoms with Gasteiger partial charge in [0.15, 0.2) is 0 Å². The van der Waals surface area contributed by atoms with Crippen molar-refractivity contribution in [3.05, 3.63) is 35.9 Å². The van der Waals surface area contributed by atoms with Gasteiger partial charge in [-0.3, -0.25) is 0 Å². The zero-order valence-corrected chi connectivity index (χ0v) is 12.4.